The van der Waals surface area contributed by atoms with Gasteiger partial charge in [-0.25, -0.2) is 9.79 Å². The molecule has 0 saturated heterocycles. The number of carbonyl (C=O) groups is 1. The number of nitro groups is 1. The van der Waals surface area contributed by atoms with Crippen LogP contribution in [0.2, 0.25) is 5.02 Å². The van der Waals surface area contributed by atoms with Gasteiger partial charge in [0.1, 0.15) is 11.5 Å². The van der Waals surface area contributed by atoms with Crippen molar-refractivity contribution in [3.63, 3.8) is 0 Å². The number of hydrogen-bond acceptors (Lipinski definition) is 8. The molecule has 0 aliphatic carbocycles. The molecule has 3 heterocycles. The molecule has 1 aliphatic rings. The Morgan fingerprint density at radius 3 is 2.46 bits per heavy atom. The summed E-state index contributed by atoms with van der Waals surface area (Å²) >= 11 is 6.68. The van der Waals surface area contributed by atoms with Crippen molar-refractivity contribution >= 4 is 40.7 Å². The maximum absolute atomic E-state index is 14.2. The van der Waals surface area contributed by atoms with Gasteiger partial charge in [-0.1, -0.05) is 35.1 Å². The molecule has 210 valence electrons. The summed E-state index contributed by atoms with van der Waals surface area (Å²) in [6.45, 7) is 1.26. The SMILES string of the molecule is CCOC(=O)C1=C(C(F)(F)F)N=c2s/c(=C\c3ccc(-c4ccc([N+](=O)[O-])cc4)o3)c(=O)n2[C@@H]1c1ccc(Cl)cc1. The molecule has 41 heavy (non-hydrogen) atoms. The summed E-state index contributed by atoms with van der Waals surface area (Å²) in [5, 5.41) is 11.2. The van der Waals surface area contributed by atoms with E-state index in [-0.39, 0.29) is 33.0 Å². The first kappa shape index (κ1) is 28.1. The average Bonchev–Trinajstić information content (AvgIpc) is 3.52. The Hall–Kier alpha value is -4.49. The summed E-state index contributed by atoms with van der Waals surface area (Å²) in [4.78, 5) is 40.3. The number of carbonyl (C=O) groups excluding carboxylic acids is 1. The fourth-order valence-corrected chi connectivity index (χ4v) is 5.37. The van der Waals surface area contributed by atoms with Crippen LogP contribution in [-0.4, -0.2) is 28.2 Å². The number of nitro benzene ring substituents is 1. The predicted octanol–water partition coefficient (Wildman–Crippen LogP) is 5.16. The lowest BCUT2D eigenvalue weighted by Crippen LogP contribution is -2.41. The van der Waals surface area contributed by atoms with Gasteiger partial charge in [0.25, 0.3) is 11.2 Å². The minimum Gasteiger partial charge on any atom is -0.463 e. The molecule has 2 aromatic heterocycles. The monoisotopic (exact) mass is 603 g/mol. The van der Waals surface area contributed by atoms with Gasteiger partial charge in [0.05, 0.1) is 27.7 Å². The highest BCUT2D eigenvalue weighted by Gasteiger charge is 2.45. The predicted molar refractivity (Wildman–Crippen MR) is 143 cm³/mol. The number of thiazole rings is 1. The van der Waals surface area contributed by atoms with Gasteiger partial charge in [-0.05, 0) is 48.9 Å². The first-order valence-electron chi connectivity index (χ1n) is 11.9. The van der Waals surface area contributed by atoms with Crippen LogP contribution in [0.4, 0.5) is 18.9 Å². The molecule has 2 aromatic carbocycles. The Bertz CT molecular complexity index is 1870. The Morgan fingerprint density at radius 2 is 1.85 bits per heavy atom. The summed E-state index contributed by atoms with van der Waals surface area (Å²) < 4.78 is 54.3. The number of aromatic nitrogens is 1. The smallest absolute Gasteiger partial charge is 0.434 e. The maximum atomic E-state index is 14.2. The van der Waals surface area contributed by atoms with E-state index in [2.05, 4.69) is 4.99 Å². The molecular weight excluding hydrogens is 587 g/mol. The van der Waals surface area contributed by atoms with Gasteiger partial charge in [-0.15, -0.1) is 0 Å². The van der Waals surface area contributed by atoms with Crippen molar-refractivity contribution in [3.05, 3.63) is 118 Å². The number of halogens is 4. The third-order valence-corrected chi connectivity index (χ3v) is 7.28. The number of nitrogens with zero attached hydrogens (tertiary/aromatic N) is 3. The van der Waals surface area contributed by atoms with Crippen molar-refractivity contribution in [1.82, 2.24) is 4.57 Å². The molecule has 0 radical (unpaired) electrons. The minimum absolute atomic E-state index is 0.000976. The molecule has 1 atom stereocenters. The number of benzene rings is 2. The number of rotatable bonds is 6. The summed E-state index contributed by atoms with van der Waals surface area (Å²) in [6, 6.07) is 13.0. The molecule has 0 amide bonds. The van der Waals surface area contributed by atoms with E-state index in [4.69, 9.17) is 20.8 Å². The van der Waals surface area contributed by atoms with Gasteiger partial charge in [-0.2, -0.15) is 13.2 Å². The van der Waals surface area contributed by atoms with Crippen LogP contribution < -0.4 is 14.9 Å². The van der Waals surface area contributed by atoms with E-state index < -0.39 is 39.9 Å². The van der Waals surface area contributed by atoms with Crippen molar-refractivity contribution in [1.29, 1.82) is 0 Å². The van der Waals surface area contributed by atoms with Crippen LogP contribution in [0.3, 0.4) is 0 Å². The summed E-state index contributed by atoms with van der Waals surface area (Å²) in [6.07, 6.45) is -3.68. The van der Waals surface area contributed by atoms with Crippen LogP contribution >= 0.6 is 22.9 Å². The molecule has 5 rings (SSSR count). The zero-order valence-electron chi connectivity index (χ0n) is 20.8. The minimum atomic E-state index is -5.03. The van der Waals surface area contributed by atoms with Crippen LogP contribution in [0.1, 0.15) is 24.3 Å². The van der Waals surface area contributed by atoms with Gasteiger partial charge in [0.15, 0.2) is 10.5 Å². The van der Waals surface area contributed by atoms with Crippen LogP contribution in [-0.2, 0) is 9.53 Å². The van der Waals surface area contributed by atoms with E-state index in [0.717, 1.165) is 4.57 Å². The van der Waals surface area contributed by atoms with Gasteiger partial charge >= 0.3 is 12.1 Å². The highest BCUT2D eigenvalue weighted by Crippen LogP contribution is 2.38. The number of esters is 1. The highest BCUT2D eigenvalue weighted by atomic mass is 35.5. The van der Waals surface area contributed by atoms with Crippen molar-refractivity contribution in [2.75, 3.05) is 6.61 Å². The topological polar surface area (TPSA) is 117 Å². The molecule has 1 aliphatic heterocycles. The fourth-order valence-electron chi connectivity index (χ4n) is 4.26. The Morgan fingerprint density at radius 1 is 1.17 bits per heavy atom. The second-order valence-electron chi connectivity index (χ2n) is 8.62. The van der Waals surface area contributed by atoms with Crippen LogP contribution in [0.15, 0.2) is 86.1 Å². The van der Waals surface area contributed by atoms with E-state index >= 15 is 0 Å². The molecule has 0 saturated carbocycles. The fraction of sp³-hybridized carbons (Fsp3) is 0.148. The van der Waals surface area contributed by atoms with E-state index in [0.29, 0.717) is 27.7 Å². The van der Waals surface area contributed by atoms with E-state index in [1.165, 1.54) is 67.6 Å². The van der Waals surface area contributed by atoms with Gasteiger partial charge in [0.2, 0.25) is 0 Å². The number of fused-ring (bicyclic) bond motifs is 1. The van der Waals surface area contributed by atoms with Crippen LogP contribution in [0, 0.1) is 10.1 Å². The largest absolute Gasteiger partial charge is 0.463 e. The number of ether oxygens (including phenoxy) is 1. The lowest BCUT2D eigenvalue weighted by atomic mass is 9.95. The summed E-state index contributed by atoms with van der Waals surface area (Å²) in [7, 11) is 0. The van der Waals surface area contributed by atoms with Crippen molar-refractivity contribution in [3.8, 4) is 11.3 Å². The molecule has 0 unspecified atom stereocenters. The number of non-ortho nitro benzene ring substituents is 1. The lowest BCUT2D eigenvalue weighted by molar-refractivity contribution is -0.384. The normalized spacial score (nSPS) is 15.4. The van der Waals surface area contributed by atoms with E-state index in [1.54, 1.807) is 6.07 Å². The molecule has 0 N–H and O–H groups in total. The molecule has 0 spiro atoms. The number of allylic oxidation sites excluding steroid dienone is 1. The quantitative estimate of drug-likeness (QED) is 0.171. The van der Waals surface area contributed by atoms with Crippen molar-refractivity contribution < 1.29 is 32.0 Å². The Labute approximate surface area is 237 Å². The van der Waals surface area contributed by atoms with Crippen molar-refractivity contribution in [2.45, 2.75) is 19.1 Å². The first-order valence-corrected chi connectivity index (χ1v) is 13.1. The zero-order valence-corrected chi connectivity index (χ0v) is 22.4. The first-order chi connectivity index (χ1) is 19.5. The Balaban J connectivity index is 1.66. The molecule has 4 aromatic rings. The van der Waals surface area contributed by atoms with Crippen LogP contribution in [0.5, 0.6) is 0 Å². The number of hydrogen-bond donors (Lipinski definition) is 0. The standard InChI is InChI=1S/C27H17ClF3N3O6S/c1-2-39-25(36)21-22(15-3-7-16(28)8-4-15)33-24(35)20(41-26(33)32-23(21)27(29,30)31)13-18-11-12-19(40-18)14-5-9-17(10-6-14)34(37)38/h3-13,22H,2H2,1H3/b20-13-/t22-/m1/s1. The summed E-state index contributed by atoms with van der Waals surface area (Å²) in [5.41, 5.74) is -2.35. The second kappa shape index (κ2) is 10.8. The second-order valence-corrected chi connectivity index (χ2v) is 10.1. The van der Waals surface area contributed by atoms with Gasteiger partial charge < -0.3 is 9.15 Å². The summed E-state index contributed by atoms with van der Waals surface area (Å²) in [5.74, 6) is -0.703. The van der Waals surface area contributed by atoms with Gasteiger partial charge in [-0.3, -0.25) is 19.5 Å². The van der Waals surface area contributed by atoms with Crippen molar-refractivity contribution in [2.24, 2.45) is 4.99 Å². The molecule has 9 nitrogen and oxygen atoms in total. The lowest BCUT2D eigenvalue weighted by Gasteiger charge is -2.26. The molecular formula is C27H17ClF3N3O6S. The van der Waals surface area contributed by atoms with E-state index in [1.807, 2.05) is 0 Å². The van der Waals surface area contributed by atoms with Crippen LogP contribution in [0.25, 0.3) is 17.4 Å². The molecule has 0 bridgehead atoms. The maximum Gasteiger partial charge on any atom is 0.434 e. The Kier molecular flexibility index (Phi) is 7.41. The number of alkyl halides is 3. The molecule has 14 heteroatoms. The average molecular weight is 604 g/mol. The highest BCUT2D eigenvalue weighted by molar-refractivity contribution is 7.07. The van der Waals surface area contributed by atoms with E-state index in [9.17, 15) is 32.9 Å². The molecule has 0 fully saturated rings. The third-order valence-electron chi connectivity index (χ3n) is 6.04. The third kappa shape index (κ3) is 5.45. The van der Waals surface area contributed by atoms with Gasteiger partial charge in [0, 0.05) is 28.8 Å². The zero-order chi connectivity index (χ0) is 29.5. The number of furan rings is 1.